The highest BCUT2D eigenvalue weighted by Gasteiger charge is 2.32. The first kappa shape index (κ1) is 44.1. The molecule has 55 heavy (non-hydrogen) atoms. The Morgan fingerprint density at radius 1 is 0.618 bits per heavy atom. The predicted octanol–water partition coefficient (Wildman–Crippen LogP) is 6.63. The number of hydrogen-bond acceptors (Lipinski definition) is 10. The number of carboxylic acid groups (broad SMARTS) is 1. The molecular weight excluding hydrogens is 712 g/mol. The molecule has 5 amide bonds. The summed E-state index contributed by atoms with van der Waals surface area (Å²) in [6, 6.07) is 16.0. The van der Waals surface area contributed by atoms with Gasteiger partial charge in [-0.05, 0) is 84.6 Å². The number of hydrogen-bond donors (Lipinski definition) is 2. The maximum Gasteiger partial charge on any atom is 0.417 e. The van der Waals surface area contributed by atoms with Crippen molar-refractivity contribution in [1.29, 1.82) is 0 Å². The van der Waals surface area contributed by atoms with Gasteiger partial charge in [-0.15, -0.1) is 0 Å². The molecule has 3 rings (SSSR count). The van der Waals surface area contributed by atoms with E-state index in [1.165, 1.54) is 9.80 Å². The van der Waals surface area contributed by atoms with Gasteiger partial charge in [0.15, 0.2) is 0 Å². The van der Waals surface area contributed by atoms with Gasteiger partial charge in [-0.2, -0.15) is 0 Å². The molecule has 0 bridgehead atoms. The standard InChI is InChI=1S/C40H56N4O11/c1-38(2,3)53-35(49)42(21-20-41-34(48)52-26-31-29-16-12-10-14-27(29)28-15-11-13-17-30(28)31)22-23-43(36(50)54-39(4,5)6)24-25-44(32(45)18-19-33(46)47)37(51)55-40(7,8)9/h10-17,31H,18-26H2,1-9H3,(H,41,48)(H,46,47). The van der Waals surface area contributed by atoms with E-state index in [0.717, 1.165) is 27.2 Å². The first-order chi connectivity index (χ1) is 25.5. The van der Waals surface area contributed by atoms with Gasteiger partial charge in [-0.3, -0.25) is 9.59 Å². The van der Waals surface area contributed by atoms with E-state index in [2.05, 4.69) is 5.32 Å². The van der Waals surface area contributed by atoms with Crippen LogP contribution in [0.15, 0.2) is 48.5 Å². The number of imide groups is 1. The fourth-order valence-electron chi connectivity index (χ4n) is 5.63. The molecule has 1 aliphatic carbocycles. The summed E-state index contributed by atoms with van der Waals surface area (Å²) in [5.41, 5.74) is 1.61. The van der Waals surface area contributed by atoms with Crippen LogP contribution in [0.3, 0.4) is 0 Å². The summed E-state index contributed by atoms with van der Waals surface area (Å²) in [6.07, 6.45) is -4.13. The SMILES string of the molecule is CC(C)(C)OC(=O)N(CCNC(=O)OCC1c2ccccc2-c2ccccc21)CCN(CCN(C(=O)CCC(=O)O)C(=O)OC(C)(C)C)C(=O)OC(C)(C)C. The van der Waals surface area contributed by atoms with Gasteiger partial charge in [0.2, 0.25) is 5.91 Å². The van der Waals surface area contributed by atoms with Crippen LogP contribution in [0, 0.1) is 0 Å². The Hall–Kier alpha value is -5.34. The van der Waals surface area contributed by atoms with Gasteiger partial charge in [0, 0.05) is 51.6 Å². The van der Waals surface area contributed by atoms with E-state index in [9.17, 15) is 28.8 Å². The molecule has 1 aliphatic rings. The number of aliphatic carboxylic acids is 1. The zero-order valence-corrected chi connectivity index (χ0v) is 33.4. The summed E-state index contributed by atoms with van der Waals surface area (Å²) < 4.78 is 22.2. The van der Waals surface area contributed by atoms with Crippen LogP contribution in [-0.4, -0.2) is 119 Å². The number of benzene rings is 2. The van der Waals surface area contributed by atoms with E-state index in [1.807, 2.05) is 48.5 Å². The zero-order valence-electron chi connectivity index (χ0n) is 33.4. The highest BCUT2D eigenvalue weighted by Crippen LogP contribution is 2.44. The summed E-state index contributed by atoms with van der Waals surface area (Å²) in [5.74, 6) is -2.15. The summed E-state index contributed by atoms with van der Waals surface area (Å²) in [7, 11) is 0. The fourth-order valence-corrected chi connectivity index (χ4v) is 5.63. The van der Waals surface area contributed by atoms with Crippen molar-refractivity contribution in [2.75, 3.05) is 45.9 Å². The number of carbonyl (C=O) groups excluding carboxylic acids is 5. The molecule has 2 N–H and O–H groups in total. The number of rotatable bonds is 14. The summed E-state index contributed by atoms with van der Waals surface area (Å²) in [4.78, 5) is 80.1. The Morgan fingerprint density at radius 2 is 1.05 bits per heavy atom. The van der Waals surface area contributed by atoms with E-state index in [4.69, 9.17) is 24.1 Å². The molecular formula is C40H56N4O11. The lowest BCUT2D eigenvalue weighted by atomic mass is 9.98. The smallest absolute Gasteiger partial charge is 0.417 e. The molecule has 2 aromatic rings. The van der Waals surface area contributed by atoms with Crippen LogP contribution in [0.1, 0.15) is 92.2 Å². The van der Waals surface area contributed by atoms with E-state index in [-0.39, 0.29) is 51.8 Å². The van der Waals surface area contributed by atoms with Crippen molar-refractivity contribution >= 4 is 36.2 Å². The second-order valence-corrected chi connectivity index (χ2v) is 16.1. The van der Waals surface area contributed by atoms with Crippen molar-refractivity contribution in [3.05, 3.63) is 59.7 Å². The molecule has 2 aromatic carbocycles. The monoisotopic (exact) mass is 768 g/mol. The third-order valence-corrected chi connectivity index (χ3v) is 8.00. The lowest BCUT2D eigenvalue weighted by Gasteiger charge is -2.32. The summed E-state index contributed by atoms with van der Waals surface area (Å²) in [6.45, 7) is 14.3. The number of nitrogens with one attached hydrogen (secondary N) is 1. The van der Waals surface area contributed by atoms with Gasteiger partial charge in [-0.1, -0.05) is 48.5 Å². The molecule has 0 fully saturated rings. The Bertz CT molecular complexity index is 1650. The third-order valence-electron chi connectivity index (χ3n) is 8.00. The van der Waals surface area contributed by atoms with E-state index in [1.54, 1.807) is 62.3 Å². The van der Waals surface area contributed by atoms with Crippen LogP contribution in [0.25, 0.3) is 11.1 Å². The molecule has 0 aromatic heterocycles. The highest BCUT2D eigenvalue weighted by atomic mass is 16.6. The van der Waals surface area contributed by atoms with Gasteiger partial charge in [0.25, 0.3) is 0 Å². The number of carboxylic acids is 1. The Balaban J connectivity index is 1.71. The van der Waals surface area contributed by atoms with Crippen molar-refractivity contribution < 1.29 is 52.8 Å². The van der Waals surface area contributed by atoms with Crippen LogP contribution < -0.4 is 5.32 Å². The van der Waals surface area contributed by atoms with Gasteiger partial charge >= 0.3 is 30.3 Å². The van der Waals surface area contributed by atoms with Crippen LogP contribution in [0.2, 0.25) is 0 Å². The zero-order chi connectivity index (χ0) is 41.1. The number of alkyl carbamates (subject to hydrolysis) is 1. The van der Waals surface area contributed by atoms with E-state index < -0.39 is 65.9 Å². The second kappa shape index (κ2) is 18.8. The van der Waals surface area contributed by atoms with Crippen molar-refractivity contribution in [2.24, 2.45) is 0 Å². The average Bonchev–Trinajstić information content (AvgIpc) is 3.37. The molecule has 0 saturated carbocycles. The highest BCUT2D eigenvalue weighted by molar-refractivity contribution is 5.93. The predicted molar refractivity (Wildman–Crippen MR) is 204 cm³/mol. The molecule has 15 heteroatoms. The molecule has 0 unspecified atom stereocenters. The van der Waals surface area contributed by atoms with Crippen molar-refractivity contribution in [1.82, 2.24) is 20.0 Å². The normalized spacial score (nSPS) is 12.5. The molecule has 0 spiro atoms. The maximum atomic E-state index is 13.4. The maximum absolute atomic E-state index is 13.4. The van der Waals surface area contributed by atoms with Gasteiger partial charge in [0.05, 0.1) is 6.42 Å². The Kier molecular flexibility index (Phi) is 15.1. The van der Waals surface area contributed by atoms with Gasteiger partial charge in [0.1, 0.15) is 23.4 Å². The third kappa shape index (κ3) is 14.4. The van der Waals surface area contributed by atoms with Crippen LogP contribution in [-0.2, 0) is 28.5 Å². The second-order valence-electron chi connectivity index (χ2n) is 16.1. The van der Waals surface area contributed by atoms with Crippen LogP contribution >= 0.6 is 0 Å². The lowest BCUT2D eigenvalue weighted by Crippen LogP contribution is -2.49. The number of amides is 5. The van der Waals surface area contributed by atoms with Crippen molar-refractivity contribution in [3.63, 3.8) is 0 Å². The van der Waals surface area contributed by atoms with Gasteiger partial charge in [-0.25, -0.2) is 24.1 Å². The number of ether oxygens (including phenoxy) is 4. The molecule has 15 nitrogen and oxygen atoms in total. The topological polar surface area (TPSA) is 181 Å². The quantitative estimate of drug-likeness (QED) is 0.197. The lowest BCUT2D eigenvalue weighted by molar-refractivity contribution is -0.140. The minimum absolute atomic E-state index is 0.00709. The van der Waals surface area contributed by atoms with Crippen LogP contribution in [0.5, 0.6) is 0 Å². The average molecular weight is 769 g/mol. The first-order valence-corrected chi connectivity index (χ1v) is 18.3. The largest absolute Gasteiger partial charge is 0.481 e. The van der Waals surface area contributed by atoms with Crippen molar-refractivity contribution in [2.45, 2.75) is 97.9 Å². The fraction of sp³-hybridized carbons (Fsp3) is 0.550. The number of carbonyl (C=O) groups is 6. The number of nitrogens with zero attached hydrogens (tertiary/aromatic N) is 3. The minimum atomic E-state index is -1.22. The molecule has 0 radical (unpaired) electrons. The Labute approximate surface area is 323 Å². The molecule has 0 aliphatic heterocycles. The summed E-state index contributed by atoms with van der Waals surface area (Å²) >= 11 is 0. The van der Waals surface area contributed by atoms with Crippen molar-refractivity contribution in [3.8, 4) is 11.1 Å². The molecule has 0 atom stereocenters. The Morgan fingerprint density at radius 3 is 1.53 bits per heavy atom. The van der Waals surface area contributed by atoms with E-state index >= 15 is 0 Å². The molecule has 0 heterocycles. The summed E-state index contributed by atoms with van der Waals surface area (Å²) in [5, 5.41) is 11.8. The van der Waals surface area contributed by atoms with Gasteiger partial charge < -0.3 is 39.2 Å². The number of fused-ring (bicyclic) bond motifs is 3. The first-order valence-electron chi connectivity index (χ1n) is 18.3. The van der Waals surface area contributed by atoms with Crippen LogP contribution in [0.4, 0.5) is 19.2 Å². The van der Waals surface area contributed by atoms with E-state index in [0.29, 0.717) is 0 Å². The molecule has 302 valence electrons. The minimum Gasteiger partial charge on any atom is -0.481 e. The molecule has 0 saturated heterocycles.